The van der Waals surface area contributed by atoms with Crippen LogP contribution >= 0.6 is 0 Å². The summed E-state index contributed by atoms with van der Waals surface area (Å²) in [5.74, 6) is -3.50. The van der Waals surface area contributed by atoms with Crippen LogP contribution in [0.15, 0.2) is 18.2 Å². The van der Waals surface area contributed by atoms with Crippen LogP contribution < -0.4 is 5.48 Å². The Hall–Kier alpha value is -1.07. The molecule has 2 nitrogen and oxygen atoms in total. The molecule has 84 valence electrons. The molecule has 1 aromatic carbocycles. The van der Waals surface area contributed by atoms with Gasteiger partial charge in [0.05, 0.1) is 7.11 Å². The first-order valence-corrected chi connectivity index (χ1v) is 4.37. The summed E-state index contributed by atoms with van der Waals surface area (Å²) in [6.45, 7) is 0.819. The van der Waals surface area contributed by atoms with Crippen molar-refractivity contribution in [2.24, 2.45) is 0 Å². The van der Waals surface area contributed by atoms with Gasteiger partial charge in [-0.15, -0.1) is 0 Å². The van der Waals surface area contributed by atoms with Gasteiger partial charge in [-0.2, -0.15) is 5.48 Å². The highest BCUT2D eigenvalue weighted by Crippen LogP contribution is 2.28. The van der Waals surface area contributed by atoms with E-state index in [1.165, 1.54) is 7.11 Å². The Morgan fingerprint density at radius 1 is 1.40 bits per heavy atom. The maximum Gasteiger partial charge on any atom is 0.270 e. The molecule has 0 radical (unpaired) electrons. The van der Waals surface area contributed by atoms with Gasteiger partial charge in [-0.1, -0.05) is 6.07 Å². The van der Waals surface area contributed by atoms with Crippen molar-refractivity contribution in [1.29, 1.82) is 0 Å². The molecule has 1 N–H and O–H groups in total. The summed E-state index contributed by atoms with van der Waals surface area (Å²) < 4.78 is 39.0. The molecule has 0 aliphatic carbocycles. The van der Waals surface area contributed by atoms with Crippen molar-refractivity contribution in [1.82, 2.24) is 5.48 Å². The molecule has 0 aliphatic rings. The molecule has 0 aromatic heterocycles. The number of rotatable bonds is 4. The van der Waals surface area contributed by atoms with Crippen LogP contribution in [0, 0.1) is 5.82 Å². The zero-order valence-corrected chi connectivity index (χ0v) is 8.48. The van der Waals surface area contributed by atoms with Gasteiger partial charge in [-0.05, 0) is 12.1 Å². The normalized spacial score (nSPS) is 11.8. The molecule has 0 atom stereocenters. The zero-order chi connectivity index (χ0) is 11.5. The van der Waals surface area contributed by atoms with Crippen LogP contribution in [0.2, 0.25) is 0 Å². The Balaban J connectivity index is 2.95. The standard InChI is InChI=1S/C10H12F3NO/c1-10(12,13)8-3-4-9(11)7(5-8)6-14-15-2/h3-5,14H,6H2,1-2H3. The molecule has 0 bridgehead atoms. The van der Waals surface area contributed by atoms with Crippen molar-refractivity contribution in [2.45, 2.75) is 19.4 Å². The molecule has 0 amide bonds. The van der Waals surface area contributed by atoms with Gasteiger partial charge in [-0.25, -0.2) is 13.2 Å². The third kappa shape index (κ3) is 3.21. The van der Waals surface area contributed by atoms with Crippen molar-refractivity contribution >= 4 is 0 Å². The smallest absolute Gasteiger partial charge is 0.270 e. The summed E-state index contributed by atoms with van der Waals surface area (Å²) in [6.07, 6.45) is 0. The highest BCUT2D eigenvalue weighted by atomic mass is 19.3. The van der Waals surface area contributed by atoms with Crippen molar-refractivity contribution in [3.63, 3.8) is 0 Å². The molecule has 1 rings (SSSR count). The molecule has 5 heteroatoms. The topological polar surface area (TPSA) is 21.3 Å². The van der Waals surface area contributed by atoms with E-state index in [0.717, 1.165) is 25.1 Å². The van der Waals surface area contributed by atoms with E-state index in [4.69, 9.17) is 0 Å². The van der Waals surface area contributed by atoms with Gasteiger partial charge < -0.3 is 4.84 Å². The van der Waals surface area contributed by atoms with E-state index in [1.807, 2.05) is 0 Å². The summed E-state index contributed by atoms with van der Waals surface area (Å²) in [6, 6.07) is 3.23. The molecule has 0 saturated carbocycles. The van der Waals surface area contributed by atoms with Gasteiger partial charge in [0, 0.05) is 24.6 Å². The lowest BCUT2D eigenvalue weighted by atomic mass is 10.1. The van der Waals surface area contributed by atoms with Crippen molar-refractivity contribution in [2.75, 3.05) is 7.11 Å². The van der Waals surface area contributed by atoms with Gasteiger partial charge >= 0.3 is 0 Å². The molecular formula is C10H12F3NO. The molecule has 0 spiro atoms. The van der Waals surface area contributed by atoms with E-state index in [0.29, 0.717) is 0 Å². The first-order valence-electron chi connectivity index (χ1n) is 4.37. The lowest BCUT2D eigenvalue weighted by Gasteiger charge is -2.12. The number of hydrogen-bond donors (Lipinski definition) is 1. The van der Waals surface area contributed by atoms with Crippen LogP contribution in [0.5, 0.6) is 0 Å². The fourth-order valence-corrected chi connectivity index (χ4v) is 1.13. The minimum Gasteiger partial charge on any atom is -0.305 e. The molecule has 1 aromatic rings. The van der Waals surface area contributed by atoms with Gasteiger partial charge in [-0.3, -0.25) is 0 Å². The highest BCUT2D eigenvalue weighted by molar-refractivity contribution is 5.27. The average Bonchev–Trinajstić information content (AvgIpc) is 2.15. The predicted octanol–water partition coefficient (Wildman–Crippen LogP) is 2.59. The summed E-state index contributed by atoms with van der Waals surface area (Å²) in [5, 5.41) is 0. The number of alkyl halides is 2. The maximum absolute atomic E-state index is 13.1. The minimum absolute atomic E-state index is 0.0479. The number of hydroxylamine groups is 1. The predicted molar refractivity (Wildman–Crippen MR) is 49.8 cm³/mol. The van der Waals surface area contributed by atoms with Crippen LogP contribution in [0.25, 0.3) is 0 Å². The van der Waals surface area contributed by atoms with Gasteiger partial charge in [0.2, 0.25) is 0 Å². The van der Waals surface area contributed by atoms with Crippen LogP contribution in [-0.2, 0) is 17.3 Å². The van der Waals surface area contributed by atoms with Crippen LogP contribution in [0.1, 0.15) is 18.1 Å². The molecule has 0 aliphatic heterocycles. The van der Waals surface area contributed by atoms with E-state index in [2.05, 4.69) is 10.3 Å². The second-order valence-corrected chi connectivity index (χ2v) is 3.22. The van der Waals surface area contributed by atoms with Crippen molar-refractivity contribution in [3.05, 3.63) is 35.1 Å². The summed E-state index contributed by atoms with van der Waals surface area (Å²) in [4.78, 5) is 4.52. The maximum atomic E-state index is 13.1. The Labute approximate surface area is 86.0 Å². The van der Waals surface area contributed by atoms with E-state index < -0.39 is 11.7 Å². The van der Waals surface area contributed by atoms with Gasteiger partial charge in [0.1, 0.15) is 5.82 Å². The monoisotopic (exact) mass is 219 g/mol. The van der Waals surface area contributed by atoms with E-state index in [9.17, 15) is 13.2 Å². The van der Waals surface area contributed by atoms with Crippen molar-refractivity contribution in [3.8, 4) is 0 Å². The fourth-order valence-electron chi connectivity index (χ4n) is 1.13. The quantitative estimate of drug-likeness (QED) is 0.786. The molecule has 15 heavy (non-hydrogen) atoms. The largest absolute Gasteiger partial charge is 0.305 e. The Kier molecular flexibility index (Phi) is 3.71. The molecule has 0 fully saturated rings. The second-order valence-electron chi connectivity index (χ2n) is 3.22. The first kappa shape index (κ1) is 12.0. The summed E-state index contributed by atoms with van der Waals surface area (Å²) in [7, 11) is 1.37. The van der Waals surface area contributed by atoms with Crippen LogP contribution in [0.3, 0.4) is 0 Å². The van der Waals surface area contributed by atoms with Crippen LogP contribution in [0.4, 0.5) is 13.2 Å². The van der Waals surface area contributed by atoms with Crippen LogP contribution in [-0.4, -0.2) is 7.11 Å². The Morgan fingerprint density at radius 2 is 2.07 bits per heavy atom. The first-order chi connectivity index (χ1) is 6.95. The molecule has 0 heterocycles. The molecular weight excluding hydrogens is 207 g/mol. The summed E-state index contributed by atoms with van der Waals surface area (Å²) >= 11 is 0. The van der Waals surface area contributed by atoms with E-state index in [-0.39, 0.29) is 17.7 Å². The Morgan fingerprint density at radius 3 is 2.60 bits per heavy atom. The third-order valence-corrected chi connectivity index (χ3v) is 1.96. The second kappa shape index (κ2) is 4.63. The van der Waals surface area contributed by atoms with Crippen molar-refractivity contribution < 1.29 is 18.0 Å². The highest BCUT2D eigenvalue weighted by Gasteiger charge is 2.24. The third-order valence-electron chi connectivity index (χ3n) is 1.96. The molecule has 0 unspecified atom stereocenters. The minimum atomic E-state index is -2.96. The van der Waals surface area contributed by atoms with E-state index in [1.54, 1.807) is 0 Å². The Bertz CT molecular complexity index is 336. The lowest BCUT2D eigenvalue weighted by Crippen LogP contribution is -2.14. The van der Waals surface area contributed by atoms with Gasteiger partial charge in [0.15, 0.2) is 0 Å². The van der Waals surface area contributed by atoms with E-state index >= 15 is 0 Å². The number of benzene rings is 1. The number of halogens is 3. The SMILES string of the molecule is CONCc1cc(C(C)(F)F)ccc1F. The lowest BCUT2D eigenvalue weighted by molar-refractivity contribution is 0.0172. The molecule has 0 saturated heterocycles. The fraction of sp³-hybridized carbons (Fsp3) is 0.400. The average molecular weight is 219 g/mol. The zero-order valence-electron chi connectivity index (χ0n) is 8.48. The number of nitrogens with one attached hydrogen (secondary N) is 1. The summed E-state index contributed by atoms with van der Waals surface area (Å²) in [5.41, 5.74) is 2.34. The van der Waals surface area contributed by atoms with Gasteiger partial charge in [0.25, 0.3) is 5.92 Å². The number of hydrogen-bond acceptors (Lipinski definition) is 2.